The number of benzene rings is 3. The SMILES string of the molecule is COc1ccc(OCCCOc2cccc(C=C3SC(=S)N(Cc4ccccc4)C3=O)c2)cc1. The van der Waals surface area contributed by atoms with Crippen molar-refractivity contribution >= 4 is 40.3 Å². The van der Waals surface area contributed by atoms with Crippen LogP contribution in [0, 0.1) is 0 Å². The number of methoxy groups -OCH3 is 1. The first kappa shape index (κ1) is 23.9. The number of ether oxygens (including phenoxy) is 3. The van der Waals surface area contributed by atoms with E-state index in [0.29, 0.717) is 29.0 Å². The van der Waals surface area contributed by atoms with Crippen molar-refractivity contribution in [3.05, 3.63) is 94.9 Å². The van der Waals surface area contributed by atoms with Gasteiger partial charge in [-0.1, -0.05) is 66.4 Å². The molecule has 0 aromatic heterocycles. The molecule has 0 atom stereocenters. The van der Waals surface area contributed by atoms with E-state index in [9.17, 15) is 4.79 Å². The van der Waals surface area contributed by atoms with Gasteiger partial charge in [-0.15, -0.1) is 0 Å². The summed E-state index contributed by atoms with van der Waals surface area (Å²) in [5.41, 5.74) is 1.94. The minimum absolute atomic E-state index is 0.0687. The van der Waals surface area contributed by atoms with Gasteiger partial charge in [-0.25, -0.2) is 0 Å². The predicted molar refractivity (Wildman–Crippen MR) is 140 cm³/mol. The molecule has 0 unspecified atom stereocenters. The Morgan fingerprint density at radius 3 is 2.32 bits per heavy atom. The van der Waals surface area contributed by atoms with Gasteiger partial charge in [0.2, 0.25) is 0 Å². The van der Waals surface area contributed by atoms with Gasteiger partial charge < -0.3 is 14.2 Å². The van der Waals surface area contributed by atoms with Gasteiger partial charge in [0.05, 0.1) is 31.8 Å². The van der Waals surface area contributed by atoms with E-state index in [4.69, 9.17) is 26.4 Å². The van der Waals surface area contributed by atoms with Gasteiger partial charge in [0.1, 0.15) is 21.6 Å². The number of hydrogen-bond acceptors (Lipinski definition) is 6. The summed E-state index contributed by atoms with van der Waals surface area (Å²) in [6.45, 7) is 1.55. The number of carbonyl (C=O) groups is 1. The second kappa shape index (κ2) is 11.7. The topological polar surface area (TPSA) is 48.0 Å². The number of thiocarbonyl (C=S) groups is 1. The average molecular weight is 492 g/mol. The number of carbonyl (C=O) groups excluding carboxylic acids is 1. The normalized spacial score (nSPS) is 14.5. The van der Waals surface area contributed by atoms with Crippen LogP contribution in [0.3, 0.4) is 0 Å². The molecule has 3 aromatic carbocycles. The van der Waals surface area contributed by atoms with E-state index in [2.05, 4.69) is 0 Å². The van der Waals surface area contributed by atoms with Gasteiger partial charge in [-0.05, 0) is 53.6 Å². The zero-order chi connectivity index (χ0) is 23.8. The molecule has 1 saturated heterocycles. The molecule has 1 aliphatic rings. The van der Waals surface area contributed by atoms with Gasteiger partial charge in [0.15, 0.2) is 0 Å². The Balaban J connectivity index is 1.28. The van der Waals surface area contributed by atoms with Crippen LogP contribution in [-0.2, 0) is 11.3 Å². The van der Waals surface area contributed by atoms with Crippen LogP contribution in [-0.4, -0.2) is 35.5 Å². The van der Waals surface area contributed by atoms with E-state index in [-0.39, 0.29) is 5.91 Å². The molecule has 174 valence electrons. The van der Waals surface area contributed by atoms with E-state index in [1.165, 1.54) is 11.8 Å². The fourth-order valence-electron chi connectivity index (χ4n) is 3.36. The van der Waals surface area contributed by atoms with Crippen molar-refractivity contribution < 1.29 is 19.0 Å². The lowest BCUT2D eigenvalue weighted by Gasteiger charge is -2.14. The smallest absolute Gasteiger partial charge is 0.266 e. The fraction of sp³-hybridized carbons (Fsp3) is 0.185. The summed E-state index contributed by atoms with van der Waals surface area (Å²) < 4.78 is 17.3. The van der Waals surface area contributed by atoms with Crippen molar-refractivity contribution in [2.24, 2.45) is 0 Å². The molecule has 0 radical (unpaired) electrons. The number of thioether (sulfide) groups is 1. The molecule has 0 N–H and O–H groups in total. The minimum atomic E-state index is -0.0687. The molecular formula is C27H25NO4S2. The van der Waals surface area contributed by atoms with Crippen LogP contribution in [0.4, 0.5) is 0 Å². The van der Waals surface area contributed by atoms with Gasteiger partial charge in [0, 0.05) is 6.42 Å². The van der Waals surface area contributed by atoms with Crippen LogP contribution in [0.2, 0.25) is 0 Å². The molecule has 1 heterocycles. The zero-order valence-corrected chi connectivity index (χ0v) is 20.4. The third-order valence-corrected chi connectivity index (χ3v) is 6.48. The quantitative estimate of drug-likeness (QED) is 0.199. The van der Waals surface area contributed by atoms with Crippen molar-refractivity contribution in [3.8, 4) is 17.2 Å². The molecule has 4 rings (SSSR count). The Morgan fingerprint density at radius 1 is 0.882 bits per heavy atom. The number of hydrogen-bond donors (Lipinski definition) is 0. The Labute approximate surface area is 209 Å². The largest absolute Gasteiger partial charge is 0.497 e. The molecule has 5 nitrogen and oxygen atoms in total. The fourth-order valence-corrected chi connectivity index (χ4v) is 4.61. The predicted octanol–water partition coefficient (Wildman–Crippen LogP) is 5.94. The molecule has 34 heavy (non-hydrogen) atoms. The van der Waals surface area contributed by atoms with E-state index in [1.54, 1.807) is 12.0 Å². The summed E-state index contributed by atoms with van der Waals surface area (Å²) >= 11 is 6.78. The molecule has 0 bridgehead atoms. The summed E-state index contributed by atoms with van der Waals surface area (Å²) in [6.07, 6.45) is 2.61. The van der Waals surface area contributed by atoms with Crippen molar-refractivity contribution in [2.45, 2.75) is 13.0 Å². The van der Waals surface area contributed by atoms with Gasteiger partial charge in [-0.2, -0.15) is 0 Å². The summed E-state index contributed by atoms with van der Waals surface area (Å²) in [5.74, 6) is 2.28. The highest BCUT2D eigenvalue weighted by atomic mass is 32.2. The van der Waals surface area contributed by atoms with Crippen LogP contribution in [0.25, 0.3) is 6.08 Å². The maximum absolute atomic E-state index is 12.9. The zero-order valence-electron chi connectivity index (χ0n) is 18.8. The molecular weight excluding hydrogens is 466 g/mol. The molecule has 0 saturated carbocycles. The summed E-state index contributed by atoms with van der Waals surface area (Å²) in [5, 5.41) is 0. The van der Waals surface area contributed by atoms with E-state index < -0.39 is 0 Å². The van der Waals surface area contributed by atoms with Crippen LogP contribution in [0.15, 0.2) is 83.8 Å². The molecule has 1 aliphatic heterocycles. The van der Waals surface area contributed by atoms with Crippen LogP contribution >= 0.6 is 24.0 Å². The van der Waals surface area contributed by atoms with Crippen molar-refractivity contribution in [2.75, 3.05) is 20.3 Å². The first-order valence-corrected chi connectivity index (χ1v) is 12.1. The van der Waals surface area contributed by atoms with E-state index in [1.807, 2.05) is 84.9 Å². The maximum atomic E-state index is 12.9. The highest BCUT2D eigenvalue weighted by Crippen LogP contribution is 2.34. The second-order valence-corrected chi connectivity index (χ2v) is 9.23. The van der Waals surface area contributed by atoms with Crippen LogP contribution in [0.1, 0.15) is 17.5 Å². The van der Waals surface area contributed by atoms with Crippen LogP contribution in [0.5, 0.6) is 17.2 Å². The van der Waals surface area contributed by atoms with E-state index >= 15 is 0 Å². The highest BCUT2D eigenvalue weighted by molar-refractivity contribution is 8.26. The first-order chi connectivity index (χ1) is 16.6. The Kier molecular flexibility index (Phi) is 8.22. The Hall–Kier alpha value is -3.29. The van der Waals surface area contributed by atoms with Gasteiger partial charge >= 0.3 is 0 Å². The van der Waals surface area contributed by atoms with Crippen molar-refractivity contribution in [1.82, 2.24) is 4.90 Å². The number of rotatable bonds is 10. The Morgan fingerprint density at radius 2 is 1.59 bits per heavy atom. The summed E-state index contributed by atoms with van der Waals surface area (Å²) in [7, 11) is 1.64. The Bertz CT molecular complexity index is 1160. The lowest BCUT2D eigenvalue weighted by molar-refractivity contribution is -0.122. The maximum Gasteiger partial charge on any atom is 0.266 e. The van der Waals surface area contributed by atoms with Crippen LogP contribution < -0.4 is 14.2 Å². The van der Waals surface area contributed by atoms with Crippen molar-refractivity contribution in [3.63, 3.8) is 0 Å². The van der Waals surface area contributed by atoms with Gasteiger partial charge in [0.25, 0.3) is 5.91 Å². The molecule has 1 fully saturated rings. The monoisotopic (exact) mass is 491 g/mol. The molecule has 1 amide bonds. The average Bonchev–Trinajstić information content (AvgIpc) is 3.12. The third-order valence-electron chi connectivity index (χ3n) is 5.10. The van der Waals surface area contributed by atoms with Gasteiger partial charge in [-0.3, -0.25) is 9.69 Å². The standard InChI is InChI=1S/C27H25NO4S2/c1-30-22-11-13-23(14-12-22)31-15-6-16-32-24-10-5-9-21(17-24)18-25-26(29)28(27(33)34-25)19-20-7-3-2-4-8-20/h2-5,7-14,17-18H,6,15-16,19H2,1H3. The third kappa shape index (κ3) is 6.40. The summed E-state index contributed by atoms with van der Waals surface area (Å²) in [4.78, 5) is 15.2. The highest BCUT2D eigenvalue weighted by Gasteiger charge is 2.31. The summed E-state index contributed by atoms with van der Waals surface area (Å²) in [6, 6.07) is 25.0. The molecule has 3 aromatic rings. The molecule has 7 heteroatoms. The number of amides is 1. The second-order valence-electron chi connectivity index (χ2n) is 7.55. The lowest BCUT2D eigenvalue weighted by atomic mass is 10.2. The molecule has 0 aliphatic carbocycles. The first-order valence-electron chi connectivity index (χ1n) is 10.9. The van der Waals surface area contributed by atoms with Crippen molar-refractivity contribution in [1.29, 1.82) is 0 Å². The van der Waals surface area contributed by atoms with E-state index in [0.717, 1.165) is 34.8 Å². The minimum Gasteiger partial charge on any atom is -0.497 e. The molecule has 0 spiro atoms. The number of nitrogens with zero attached hydrogens (tertiary/aromatic N) is 1. The lowest BCUT2D eigenvalue weighted by Crippen LogP contribution is -2.27.